The molecule has 0 aliphatic carbocycles. The molecule has 1 aliphatic rings. The van der Waals surface area contributed by atoms with Gasteiger partial charge in [0.15, 0.2) is 0 Å². The minimum Gasteiger partial charge on any atom is -0.491 e. The molecule has 1 aliphatic heterocycles. The molecular formula is C34H38N2O7. The quantitative estimate of drug-likeness (QED) is 0.233. The van der Waals surface area contributed by atoms with Crippen molar-refractivity contribution in [1.29, 1.82) is 0 Å². The lowest BCUT2D eigenvalue weighted by Crippen LogP contribution is -2.42. The van der Waals surface area contributed by atoms with Gasteiger partial charge in [-0.05, 0) is 40.3 Å². The Kier molecular flexibility index (Phi) is 9.03. The minimum atomic E-state index is -1.03. The van der Waals surface area contributed by atoms with Crippen molar-refractivity contribution in [3.8, 4) is 22.6 Å². The number of hydrogen-bond donors (Lipinski definition) is 1. The van der Waals surface area contributed by atoms with E-state index in [1.54, 1.807) is 28.7 Å². The molecule has 0 atom stereocenters. The molecule has 226 valence electrons. The number of aromatic carboxylic acids is 1. The molecule has 1 fully saturated rings. The van der Waals surface area contributed by atoms with Gasteiger partial charge in [-0.25, -0.2) is 9.59 Å². The van der Waals surface area contributed by atoms with Crippen LogP contribution in [0.4, 0.5) is 4.79 Å². The van der Waals surface area contributed by atoms with Crippen molar-refractivity contribution in [2.24, 2.45) is 0 Å². The van der Waals surface area contributed by atoms with Crippen molar-refractivity contribution in [3.05, 3.63) is 83.6 Å². The number of carbonyl (C=O) groups is 2. The van der Waals surface area contributed by atoms with Gasteiger partial charge in [-0.15, -0.1) is 0 Å². The van der Waals surface area contributed by atoms with Crippen molar-refractivity contribution in [2.75, 3.05) is 46.6 Å². The van der Waals surface area contributed by atoms with E-state index < -0.39 is 12.1 Å². The lowest BCUT2D eigenvalue weighted by molar-refractivity contribution is 0.0415. The largest absolute Gasteiger partial charge is 0.491 e. The number of methoxy groups -OCH3 is 1. The summed E-state index contributed by atoms with van der Waals surface area (Å²) < 4.78 is 23.9. The summed E-state index contributed by atoms with van der Waals surface area (Å²) >= 11 is 0. The van der Waals surface area contributed by atoms with E-state index in [0.29, 0.717) is 56.6 Å². The Labute approximate surface area is 251 Å². The number of benzene rings is 3. The summed E-state index contributed by atoms with van der Waals surface area (Å²) in [5.41, 5.74) is 4.32. The lowest BCUT2D eigenvalue weighted by Gasteiger charge is -2.26. The predicted octanol–water partition coefficient (Wildman–Crippen LogP) is 6.21. The number of fused-ring (bicyclic) bond motifs is 1. The number of hydrogen-bond acceptors (Lipinski definition) is 6. The maximum atomic E-state index is 12.9. The first kappa shape index (κ1) is 30.1. The van der Waals surface area contributed by atoms with Gasteiger partial charge in [0.25, 0.3) is 0 Å². The topological polar surface area (TPSA) is 99.5 Å². The molecule has 1 aromatic heterocycles. The number of ether oxygens (including phenoxy) is 4. The highest BCUT2D eigenvalue weighted by Crippen LogP contribution is 2.37. The molecular weight excluding hydrogens is 548 g/mol. The van der Waals surface area contributed by atoms with Crippen molar-refractivity contribution < 1.29 is 33.6 Å². The summed E-state index contributed by atoms with van der Waals surface area (Å²) in [4.78, 5) is 27.4. The number of carbonyl (C=O) groups excluding carboxylic acids is 1. The number of rotatable bonds is 9. The maximum absolute atomic E-state index is 12.9. The van der Waals surface area contributed by atoms with E-state index in [2.05, 4.69) is 32.9 Å². The maximum Gasteiger partial charge on any atom is 0.415 e. The average molecular weight is 587 g/mol. The summed E-state index contributed by atoms with van der Waals surface area (Å²) in [6.45, 7) is 9.17. The smallest absolute Gasteiger partial charge is 0.415 e. The van der Waals surface area contributed by atoms with Gasteiger partial charge < -0.3 is 33.5 Å². The first-order valence-electron chi connectivity index (χ1n) is 14.4. The summed E-state index contributed by atoms with van der Waals surface area (Å²) in [6.07, 6.45) is -0.470. The highest BCUT2D eigenvalue weighted by atomic mass is 16.6. The monoisotopic (exact) mass is 586 g/mol. The van der Waals surface area contributed by atoms with Gasteiger partial charge in [0.05, 0.1) is 19.8 Å². The molecule has 43 heavy (non-hydrogen) atoms. The fourth-order valence-corrected chi connectivity index (χ4v) is 5.32. The van der Waals surface area contributed by atoms with Crippen LogP contribution in [0.3, 0.4) is 0 Å². The molecule has 4 aromatic rings. The normalized spacial score (nSPS) is 13.7. The zero-order chi connectivity index (χ0) is 30.6. The molecule has 2 heterocycles. The van der Waals surface area contributed by atoms with Crippen LogP contribution in [0.1, 0.15) is 42.4 Å². The third kappa shape index (κ3) is 6.84. The number of carboxylic acids is 1. The van der Waals surface area contributed by atoms with Crippen LogP contribution in [0.2, 0.25) is 0 Å². The standard InChI is InChI=1S/C34H38N2O7/c1-34(2,3)25-11-9-24(10-12-25)30-28-7-5-6-8-29(28)36(31(30)32(37)38)22-23-19-26(42-18-17-40-4)21-27(20-23)43-33(39)35-13-15-41-16-14-35/h5-12,19-21H,13-18,22H2,1-4H3,(H,37,38). The van der Waals surface area contributed by atoms with E-state index in [1.165, 1.54) is 5.56 Å². The van der Waals surface area contributed by atoms with Gasteiger partial charge >= 0.3 is 12.1 Å². The SMILES string of the molecule is COCCOc1cc(Cn2c(C(=O)O)c(-c3ccc(C(C)(C)C)cc3)c3ccccc32)cc(OC(=O)N2CCOCC2)c1. The molecule has 1 amide bonds. The van der Waals surface area contributed by atoms with E-state index >= 15 is 0 Å². The number of nitrogens with zero attached hydrogens (tertiary/aromatic N) is 2. The highest BCUT2D eigenvalue weighted by molar-refractivity contribution is 6.08. The van der Waals surface area contributed by atoms with Crippen LogP contribution in [0.15, 0.2) is 66.7 Å². The van der Waals surface area contributed by atoms with Crippen molar-refractivity contribution >= 4 is 23.0 Å². The molecule has 9 nitrogen and oxygen atoms in total. The second-order valence-corrected chi connectivity index (χ2v) is 11.6. The Hall–Kier alpha value is -4.34. The van der Waals surface area contributed by atoms with Crippen LogP contribution in [0, 0.1) is 0 Å². The first-order valence-corrected chi connectivity index (χ1v) is 14.4. The van der Waals surface area contributed by atoms with Crippen LogP contribution in [-0.2, 0) is 21.4 Å². The molecule has 5 rings (SSSR count). The molecule has 1 N–H and O–H groups in total. The third-order valence-corrected chi connectivity index (χ3v) is 7.52. The lowest BCUT2D eigenvalue weighted by atomic mass is 9.86. The van der Waals surface area contributed by atoms with Gasteiger partial charge in [0.2, 0.25) is 0 Å². The molecule has 3 aromatic carbocycles. The van der Waals surface area contributed by atoms with E-state index in [0.717, 1.165) is 22.0 Å². The van der Waals surface area contributed by atoms with Gasteiger partial charge in [0.1, 0.15) is 23.8 Å². The molecule has 0 bridgehead atoms. The van der Waals surface area contributed by atoms with E-state index in [9.17, 15) is 14.7 Å². The Morgan fingerprint density at radius 1 is 0.930 bits per heavy atom. The summed E-state index contributed by atoms with van der Waals surface area (Å²) in [5.74, 6) is -0.226. The Morgan fingerprint density at radius 2 is 1.63 bits per heavy atom. The molecule has 0 spiro atoms. The van der Waals surface area contributed by atoms with Crippen LogP contribution in [0.5, 0.6) is 11.5 Å². The van der Waals surface area contributed by atoms with Crippen LogP contribution in [-0.4, -0.2) is 73.3 Å². The summed E-state index contributed by atoms with van der Waals surface area (Å²) in [5, 5.41) is 11.4. The van der Waals surface area contributed by atoms with Crippen LogP contribution >= 0.6 is 0 Å². The van der Waals surface area contributed by atoms with Crippen molar-refractivity contribution in [1.82, 2.24) is 9.47 Å². The zero-order valence-corrected chi connectivity index (χ0v) is 25.1. The second-order valence-electron chi connectivity index (χ2n) is 11.6. The summed E-state index contributed by atoms with van der Waals surface area (Å²) in [7, 11) is 1.59. The first-order chi connectivity index (χ1) is 20.7. The van der Waals surface area contributed by atoms with Crippen molar-refractivity contribution in [2.45, 2.75) is 32.7 Å². The second kappa shape index (κ2) is 12.9. The van der Waals surface area contributed by atoms with Gasteiger partial charge in [-0.3, -0.25) is 0 Å². The fourth-order valence-electron chi connectivity index (χ4n) is 5.32. The Balaban J connectivity index is 1.56. The highest BCUT2D eigenvalue weighted by Gasteiger charge is 2.25. The zero-order valence-electron chi connectivity index (χ0n) is 25.1. The van der Waals surface area contributed by atoms with E-state index in [4.69, 9.17) is 18.9 Å². The van der Waals surface area contributed by atoms with E-state index in [-0.39, 0.29) is 17.7 Å². The minimum absolute atomic E-state index is 0.0264. The molecule has 1 saturated heterocycles. The number of carboxylic acid groups (broad SMARTS) is 1. The Bertz CT molecular complexity index is 1600. The molecule has 0 saturated carbocycles. The average Bonchev–Trinajstić information content (AvgIpc) is 3.31. The molecule has 0 unspecified atom stereocenters. The third-order valence-electron chi connectivity index (χ3n) is 7.52. The number of morpholine rings is 1. The Morgan fingerprint density at radius 3 is 2.30 bits per heavy atom. The number of para-hydroxylation sites is 1. The van der Waals surface area contributed by atoms with Crippen LogP contribution in [0.25, 0.3) is 22.0 Å². The van der Waals surface area contributed by atoms with E-state index in [1.807, 2.05) is 42.5 Å². The van der Waals surface area contributed by atoms with Crippen LogP contribution < -0.4 is 9.47 Å². The molecule has 9 heteroatoms. The van der Waals surface area contributed by atoms with Crippen molar-refractivity contribution in [3.63, 3.8) is 0 Å². The predicted molar refractivity (Wildman–Crippen MR) is 164 cm³/mol. The number of aromatic nitrogens is 1. The van der Waals surface area contributed by atoms with Gasteiger partial charge in [-0.2, -0.15) is 0 Å². The molecule has 0 radical (unpaired) electrons. The van der Waals surface area contributed by atoms with Gasteiger partial charge in [-0.1, -0.05) is 63.2 Å². The fraction of sp³-hybridized carbons (Fsp3) is 0.353. The van der Waals surface area contributed by atoms with Gasteiger partial charge in [0, 0.05) is 49.3 Å². The summed E-state index contributed by atoms with van der Waals surface area (Å²) in [6, 6.07) is 21.0. The number of amides is 1.